The predicted molar refractivity (Wildman–Crippen MR) is 104 cm³/mol. The van der Waals surface area contributed by atoms with Gasteiger partial charge in [-0.15, -0.1) is 0 Å². The van der Waals surface area contributed by atoms with E-state index in [1.54, 1.807) is 6.20 Å². The summed E-state index contributed by atoms with van der Waals surface area (Å²) in [5.74, 6) is -1.48. The number of aromatic amines is 1. The number of carbonyl (C=O) groups excluding carboxylic acids is 1. The second-order valence-electron chi connectivity index (χ2n) is 7.44. The summed E-state index contributed by atoms with van der Waals surface area (Å²) < 4.78 is 32.3. The quantitative estimate of drug-likeness (QED) is 0.649. The number of ether oxygens (including phenoxy) is 1. The normalized spacial score (nSPS) is 16.0. The first-order valence-electron chi connectivity index (χ1n) is 9.79. The Bertz CT molecular complexity index is 1030. The van der Waals surface area contributed by atoms with Gasteiger partial charge < -0.3 is 15.0 Å². The Balaban J connectivity index is 1.54. The van der Waals surface area contributed by atoms with Gasteiger partial charge >= 0.3 is 0 Å². The average Bonchev–Trinajstić information content (AvgIpc) is 3.14. The smallest absolute Gasteiger partial charge is 0.255 e. The Morgan fingerprint density at radius 2 is 2.07 bits per heavy atom. The Hall–Kier alpha value is -3.03. The second kappa shape index (κ2) is 8.14. The van der Waals surface area contributed by atoms with E-state index in [2.05, 4.69) is 20.3 Å². The number of aromatic nitrogens is 3. The Morgan fingerprint density at radius 3 is 2.83 bits per heavy atom. The van der Waals surface area contributed by atoms with Gasteiger partial charge in [0, 0.05) is 18.3 Å². The molecule has 8 heteroatoms. The molecule has 0 aliphatic heterocycles. The van der Waals surface area contributed by atoms with Crippen LogP contribution in [0.5, 0.6) is 11.6 Å². The van der Waals surface area contributed by atoms with Gasteiger partial charge in [0.25, 0.3) is 5.91 Å². The highest BCUT2D eigenvalue weighted by Crippen LogP contribution is 2.28. The van der Waals surface area contributed by atoms with Crippen LogP contribution in [0, 0.1) is 17.6 Å². The number of carbonyl (C=O) groups is 1. The van der Waals surface area contributed by atoms with Crippen LogP contribution in [-0.2, 0) is 0 Å². The van der Waals surface area contributed by atoms with Crippen LogP contribution in [0.25, 0.3) is 11.2 Å². The van der Waals surface area contributed by atoms with Gasteiger partial charge in [0.05, 0.1) is 11.8 Å². The molecule has 1 aromatic carbocycles. The van der Waals surface area contributed by atoms with Gasteiger partial charge in [-0.3, -0.25) is 4.79 Å². The molecule has 0 spiro atoms. The fourth-order valence-electron chi connectivity index (χ4n) is 3.80. The van der Waals surface area contributed by atoms with E-state index in [-0.39, 0.29) is 23.6 Å². The van der Waals surface area contributed by atoms with Crippen LogP contribution in [0.2, 0.25) is 0 Å². The molecule has 3 aromatic rings. The van der Waals surface area contributed by atoms with Gasteiger partial charge in [-0.2, -0.15) is 0 Å². The lowest BCUT2D eigenvalue weighted by molar-refractivity contribution is 0.0921. The van der Waals surface area contributed by atoms with Gasteiger partial charge in [0.15, 0.2) is 17.2 Å². The molecule has 1 atom stereocenters. The first kappa shape index (κ1) is 19.3. The van der Waals surface area contributed by atoms with Crippen molar-refractivity contribution in [3.05, 3.63) is 47.8 Å². The summed E-state index contributed by atoms with van der Waals surface area (Å²) >= 11 is 0. The number of nitrogens with zero attached hydrogens (tertiary/aromatic N) is 2. The topological polar surface area (TPSA) is 79.9 Å². The summed E-state index contributed by atoms with van der Waals surface area (Å²) in [6.07, 6.45) is 8.76. The maximum Gasteiger partial charge on any atom is 0.255 e. The average molecular weight is 400 g/mol. The lowest BCUT2D eigenvalue weighted by Gasteiger charge is -2.28. The highest BCUT2D eigenvalue weighted by atomic mass is 19.1. The van der Waals surface area contributed by atoms with E-state index in [1.165, 1.54) is 31.5 Å². The minimum absolute atomic E-state index is 0.0111. The molecule has 1 aliphatic rings. The summed E-state index contributed by atoms with van der Waals surface area (Å²) in [6, 6.07) is 3.05. The maximum atomic E-state index is 13.8. The number of H-pyrrole nitrogens is 1. The van der Waals surface area contributed by atoms with E-state index >= 15 is 0 Å². The van der Waals surface area contributed by atoms with E-state index in [9.17, 15) is 13.6 Å². The first-order chi connectivity index (χ1) is 14.0. The molecule has 4 rings (SSSR count). The molecule has 6 nitrogen and oxygen atoms in total. The van der Waals surface area contributed by atoms with E-state index in [1.807, 2.05) is 6.92 Å². The molecular weight excluding hydrogens is 378 g/mol. The fraction of sp³-hybridized carbons (Fsp3) is 0.381. The number of hydrogen-bond donors (Lipinski definition) is 2. The number of benzene rings is 1. The van der Waals surface area contributed by atoms with Gasteiger partial charge in [-0.05, 0) is 37.8 Å². The van der Waals surface area contributed by atoms with Crippen LogP contribution in [-0.4, -0.2) is 26.9 Å². The zero-order chi connectivity index (χ0) is 20.4. The molecule has 2 N–H and O–H groups in total. The molecule has 29 heavy (non-hydrogen) atoms. The van der Waals surface area contributed by atoms with E-state index in [0.29, 0.717) is 22.6 Å². The van der Waals surface area contributed by atoms with Gasteiger partial charge in [0.2, 0.25) is 5.88 Å². The molecule has 1 fully saturated rings. The molecule has 152 valence electrons. The van der Waals surface area contributed by atoms with Crippen LogP contribution < -0.4 is 10.1 Å². The number of rotatable bonds is 5. The fourth-order valence-corrected chi connectivity index (χ4v) is 3.80. The first-order valence-corrected chi connectivity index (χ1v) is 9.79. The summed E-state index contributed by atoms with van der Waals surface area (Å²) in [5, 5.41) is 3.06. The molecule has 1 aliphatic carbocycles. The van der Waals surface area contributed by atoms with Crippen LogP contribution in [0.15, 0.2) is 30.6 Å². The lowest BCUT2D eigenvalue weighted by Crippen LogP contribution is -2.38. The van der Waals surface area contributed by atoms with Crippen molar-refractivity contribution in [2.45, 2.75) is 45.1 Å². The molecule has 1 amide bonds. The zero-order valence-electron chi connectivity index (χ0n) is 16.0. The highest BCUT2D eigenvalue weighted by Gasteiger charge is 2.23. The summed E-state index contributed by atoms with van der Waals surface area (Å²) in [6.45, 7) is 2.03. The maximum absolute atomic E-state index is 13.8. The molecule has 0 bridgehead atoms. The zero-order valence-corrected chi connectivity index (χ0v) is 16.0. The molecule has 1 saturated carbocycles. The van der Waals surface area contributed by atoms with Crippen LogP contribution in [0.4, 0.5) is 8.78 Å². The third kappa shape index (κ3) is 4.21. The van der Waals surface area contributed by atoms with Crippen molar-refractivity contribution in [1.82, 2.24) is 20.3 Å². The standard InChI is InChI=1S/C21H22F2N4O2/c1-12(13-5-3-2-4-6-13)26-21(28)15-10-24-20-19(15)27-18(11-25-20)29-17-8-7-14(22)9-16(17)23/h7-13H,2-6H2,1H3,(H,24,25)(H,26,28). The third-order valence-corrected chi connectivity index (χ3v) is 5.43. The Morgan fingerprint density at radius 1 is 1.28 bits per heavy atom. The van der Waals surface area contributed by atoms with Gasteiger partial charge in [0.1, 0.15) is 11.3 Å². The predicted octanol–water partition coefficient (Wildman–Crippen LogP) is 4.73. The summed E-state index contributed by atoms with van der Waals surface area (Å²) in [7, 11) is 0. The van der Waals surface area contributed by atoms with Crippen molar-refractivity contribution in [2.24, 2.45) is 5.92 Å². The SMILES string of the molecule is CC(NC(=O)c1c[nH]c2ncc(Oc3ccc(F)cc3F)nc12)C1CCCCC1. The largest absolute Gasteiger partial charge is 0.434 e. The second-order valence-corrected chi connectivity index (χ2v) is 7.44. The molecule has 0 radical (unpaired) electrons. The van der Waals surface area contributed by atoms with Gasteiger partial charge in [-0.25, -0.2) is 18.7 Å². The third-order valence-electron chi connectivity index (χ3n) is 5.43. The number of halogens is 2. The molecule has 1 unspecified atom stereocenters. The van der Waals surface area contributed by atoms with Crippen molar-refractivity contribution in [2.75, 3.05) is 0 Å². The van der Waals surface area contributed by atoms with Crippen molar-refractivity contribution in [3.63, 3.8) is 0 Å². The van der Waals surface area contributed by atoms with E-state index in [4.69, 9.17) is 4.74 Å². The summed E-state index contributed by atoms with van der Waals surface area (Å²) in [5.41, 5.74) is 1.10. The van der Waals surface area contributed by atoms with Crippen molar-refractivity contribution < 1.29 is 18.3 Å². The number of nitrogens with one attached hydrogen (secondary N) is 2. The highest BCUT2D eigenvalue weighted by molar-refractivity contribution is 6.04. The lowest BCUT2D eigenvalue weighted by atomic mass is 9.84. The van der Waals surface area contributed by atoms with Crippen molar-refractivity contribution in [3.8, 4) is 11.6 Å². The minimum Gasteiger partial charge on any atom is -0.434 e. The number of amides is 1. The molecule has 2 aromatic heterocycles. The summed E-state index contributed by atoms with van der Waals surface area (Å²) in [4.78, 5) is 24.2. The Labute approximate surface area is 166 Å². The van der Waals surface area contributed by atoms with E-state index in [0.717, 1.165) is 25.0 Å². The number of fused-ring (bicyclic) bond motifs is 1. The molecule has 0 saturated heterocycles. The van der Waals surface area contributed by atoms with Crippen molar-refractivity contribution >= 4 is 17.1 Å². The number of hydrogen-bond acceptors (Lipinski definition) is 4. The monoisotopic (exact) mass is 400 g/mol. The van der Waals surface area contributed by atoms with Gasteiger partial charge in [-0.1, -0.05) is 19.3 Å². The molecule has 2 heterocycles. The van der Waals surface area contributed by atoms with Crippen LogP contribution in [0.1, 0.15) is 49.4 Å². The molecular formula is C21H22F2N4O2. The van der Waals surface area contributed by atoms with Crippen LogP contribution >= 0.6 is 0 Å². The minimum atomic E-state index is -0.847. The van der Waals surface area contributed by atoms with E-state index < -0.39 is 11.6 Å². The van der Waals surface area contributed by atoms with Crippen molar-refractivity contribution in [1.29, 1.82) is 0 Å². The Kier molecular flexibility index (Phi) is 5.42. The van der Waals surface area contributed by atoms with Crippen LogP contribution in [0.3, 0.4) is 0 Å².